The molecule has 0 unspecified atom stereocenters. The summed E-state index contributed by atoms with van der Waals surface area (Å²) < 4.78 is 0. The van der Waals surface area contributed by atoms with Crippen LogP contribution >= 0.6 is 0 Å². The van der Waals surface area contributed by atoms with Crippen molar-refractivity contribution < 1.29 is 14.7 Å². The molecule has 0 saturated carbocycles. The van der Waals surface area contributed by atoms with Crippen molar-refractivity contribution in [2.45, 2.75) is 19.8 Å². The monoisotopic (exact) mass is 271 g/mol. The van der Waals surface area contributed by atoms with Crippen LogP contribution < -0.4 is 0 Å². The van der Waals surface area contributed by atoms with Gasteiger partial charge in [-0.15, -0.1) is 0 Å². The molecule has 1 N–H and O–H groups in total. The molecule has 1 saturated heterocycles. The Hall–Kier alpha value is -1.30. The molecule has 0 aromatic rings. The third-order valence-electron chi connectivity index (χ3n) is 3.56. The molecule has 0 aromatic carbocycles. The van der Waals surface area contributed by atoms with Crippen molar-refractivity contribution in [1.29, 1.82) is 0 Å². The van der Waals surface area contributed by atoms with E-state index in [9.17, 15) is 9.59 Å². The van der Waals surface area contributed by atoms with Crippen LogP contribution in [0, 0.1) is 5.92 Å². The van der Waals surface area contributed by atoms with Gasteiger partial charge in [-0.05, 0) is 19.8 Å². The number of nitrogens with zero attached hydrogens (tertiary/aromatic N) is 3. The van der Waals surface area contributed by atoms with Gasteiger partial charge in [-0.25, -0.2) is 4.79 Å². The van der Waals surface area contributed by atoms with Crippen molar-refractivity contribution in [2.75, 3.05) is 46.9 Å². The number of carbonyl (C=O) groups is 2. The van der Waals surface area contributed by atoms with Gasteiger partial charge in [0.15, 0.2) is 0 Å². The van der Waals surface area contributed by atoms with Gasteiger partial charge in [0.05, 0.1) is 6.61 Å². The minimum absolute atomic E-state index is 0.00244. The van der Waals surface area contributed by atoms with E-state index < -0.39 is 0 Å². The summed E-state index contributed by atoms with van der Waals surface area (Å²) in [6, 6.07) is 0.00797. The number of likely N-dealkylation sites (N-methyl/N-ethyl adjacent to an activating group) is 1. The SMILES string of the molecule is CCN(CCO)C(=O)C1CCN(C(=O)N(C)C)CC1. The number of hydrogen-bond acceptors (Lipinski definition) is 3. The Morgan fingerprint density at radius 3 is 2.26 bits per heavy atom. The molecule has 6 heteroatoms. The average molecular weight is 271 g/mol. The first-order valence-corrected chi connectivity index (χ1v) is 6.87. The highest BCUT2D eigenvalue weighted by atomic mass is 16.3. The van der Waals surface area contributed by atoms with E-state index in [-0.39, 0.29) is 24.5 Å². The number of piperidine rings is 1. The second-order valence-electron chi connectivity index (χ2n) is 5.08. The lowest BCUT2D eigenvalue weighted by molar-refractivity contribution is -0.137. The molecule has 1 rings (SSSR count). The molecule has 0 spiro atoms. The minimum Gasteiger partial charge on any atom is -0.395 e. The topological polar surface area (TPSA) is 64.1 Å². The second kappa shape index (κ2) is 7.33. The molecule has 0 atom stereocenters. The summed E-state index contributed by atoms with van der Waals surface area (Å²) in [7, 11) is 3.47. The van der Waals surface area contributed by atoms with E-state index in [0.717, 1.165) is 0 Å². The lowest BCUT2D eigenvalue weighted by atomic mass is 9.95. The minimum atomic E-state index is -0.0160. The Morgan fingerprint density at radius 2 is 1.84 bits per heavy atom. The Labute approximate surface area is 115 Å². The van der Waals surface area contributed by atoms with Crippen molar-refractivity contribution in [2.24, 2.45) is 5.92 Å². The first-order valence-electron chi connectivity index (χ1n) is 6.87. The standard InChI is InChI=1S/C13H25N3O3/c1-4-15(9-10-17)12(18)11-5-7-16(8-6-11)13(19)14(2)3/h11,17H,4-10H2,1-3H3. The zero-order valence-corrected chi connectivity index (χ0v) is 12.1. The second-order valence-corrected chi connectivity index (χ2v) is 5.08. The number of hydrogen-bond donors (Lipinski definition) is 1. The first kappa shape index (κ1) is 15.8. The number of urea groups is 1. The molecule has 6 nitrogen and oxygen atoms in total. The Balaban J connectivity index is 2.49. The van der Waals surface area contributed by atoms with Gasteiger partial charge >= 0.3 is 6.03 Å². The zero-order chi connectivity index (χ0) is 14.4. The van der Waals surface area contributed by atoms with Crippen LogP contribution in [0.2, 0.25) is 0 Å². The van der Waals surface area contributed by atoms with Gasteiger partial charge < -0.3 is 19.8 Å². The van der Waals surface area contributed by atoms with Crippen molar-refractivity contribution in [3.63, 3.8) is 0 Å². The molecular formula is C13H25N3O3. The number of aliphatic hydroxyl groups is 1. The van der Waals surface area contributed by atoms with E-state index in [0.29, 0.717) is 39.0 Å². The Morgan fingerprint density at radius 1 is 1.26 bits per heavy atom. The lowest BCUT2D eigenvalue weighted by Crippen LogP contribution is -2.47. The fraction of sp³-hybridized carbons (Fsp3) is 0.846. The van der Waals surface area contributed by atoms with Gasteiger partial charge in [-0.2, -0.15) is 0 Å². The highest BCUT2D eigenvalue weighted by Crippen LogP contribution is 2.20. The van der Waals surface area contributed by atoms with Gasteiger partial charge in [-0.3, -0.25) is 4.79 Å². The van der Waals surface area contributed by atoms with Gasteiger partial charge in [0.1, 0.15) is 0 Å². The third kappa shape index (κ3) is 4.09. The predicted molar refractivity (Wildman–Crippen MR) is 72.7 cm³/mol. The average Bonchev–Trinajstić information content (AvgIpc) is 2.43. The molecular weight excluding hydrogens is 246 g/mol. The van der Waals surface area contributed by atoms with Crippen LogP contribution in [0.3, 0.4) is 0 Å². The molecule has 3 amide bonds. The van der Waals surface area contributed by atoms with Crippen LogP contribution in [0.4, 0.5) is 4.79 Å². The highest BCUT2D eigenvalue weighted by molar-refractivity contribution is 5.79. The summed E-state index contributed by atoms with van der Waals surface area (Å²) in [5.41, 5.74) is 0. The van der Waals surface area contributed by atoms with Crippen LogP contribution in [-0.4, -0.2) is 78.6 Å². The van der Waals surface area contributed by atoms with E-state index in [4.69, 9.17) is 5.11 Å². The van der Waals surface area contributed by atoms with Gasteiger partial charge in [0.2, 0.25) is 5.91 Å². The van der Waals surface area contributed by atoms with Gasteiger partial charge in [0.25, 0.3) is 0 Å². The van der Waals surface area contributed by atoms with E-state index in [2.05, 4.69) is 0 Å². The summed E-state index contributed by atoms with van der Waals surface area (Å²) in [4.78, 5) is 29.1. The smallest absolute Gasteiger partial charge is 0.319 e. The van der Waals surface area contributed by atoms with Crippen molar-refractivity contribution in [3.05, 3.63) is 0 Å². The third-order valence-corrected chi connectivity index (χ3v) is 3.56. The van der Waals surface area contributed by atoms with E-state index in [1.54, 1.807) is 28.8 Å². The molecule has 1 aliphatic heterocycles. The summed E-state index contributed by atoms with van der Waals surface area (Å²) in [5.74, 6) is 0.0891. The molecule has 0 aromatic heterocycles. The molecule has 1 heterocycles. The number of amides is 3. The van der Waals surface area contributed by atoms with Crippen molar-refractivity contribution in [1.82, 2.24) is 14.7 Å². The molecule has 1 fully saturated rings. The van der Waals surface area contributed by atoms with Crippen molar-refractivity contribution in [3.8, 4) is 0 Å². The number of likely N-dealkylation sites (tertiary alicyclic amines) is 1. The molecule has 0 bridgehead atoms. The van der Waals surface area contributed by atoms with Crippen molar-refractivity contribution >= 4 is 11.9 Å². The summed E-state index contributed by atoms with van der Waals surface area (Å²) in [5, 5.41) is 8.94. The molecule has 19 heavy (non-hydrogen) atoms. The number of carbonyl (C=O) groups excluding carboxylic acids is 2. The highest BCUT2D eigenvalue weighted by Gasteiger charge is 2.29. The quantitative estimate of drug-likeness (QED) is 0.795. The molecule has 0 radical (unpaired) electrons. The number of aliphatic hydroxyl groups excluding tert-OH is 1. The normalized spacial score (nSPS) is 16.3. The summed E-state index contributed by atoms with van der Waals surface area (Å²) in [6.07, 6.45) is 1.42. The predicted octanol–water partition coefficient (Wildman–Crippen LogP) is 0.221. The zero-order valence-electron chi connectivity index (χ0n) is 12.1. The van der Waals surface area contributed by atoms with Crippen LogP contribution in [0.5, 0.6) is 0 Å². The largest absolute Gasteiger partial charge is 0.395 e. The summed E-state index contributed by atoms with van der Waals surface area (Å²) in [6.45, 7) is 4.19. The fourth-order valence-corrected chi connectivity index (χ4v) is 2.40. The van der Waals surface area contributed by atoms with Crippen LogP contribution in [0.15, 0.2) is 0 Å². The van der Waals surface area contributed by atoms with Gasteiger partial charge in [0, 0.05) is 46.2 Å². The Bertz CT molecular complexity index is 312. The Kier molecular flexibility index (Phi) is 6.08. The molecule has 0 aliphatic carbocycles. The van der Waals surface area contributed by atoms with Crippen LogP contribution in [0.25, 0.3) is 0 Å². The van der Waals surface area contributed by atoms with E-state index >= 15 is 0 Å². The van der Waals surface area contributed by atoms with E-state index in [1.165, 1.54) is 0 Å². The fourth-order valence-electron chi connectivity index (χ4n) is 2.40. The van der Waals surface area contributed by atoms with Gasteiger partial charge in [-0.1, -0.05) is 0 Å². The van der Waals surface area contributed by atoms with Crippen LogP contribution in [0.1, 0.15) is 19.8 Å². The summed E-state index contributed by atoms with van der Waals surface area (Å²) >= 11 is 0. The maximum Gasteiger partial charge on any atom is 0.319 e. The molecule has 1 aliphatic rings. The molecule has 110 valence electrons. The maximum atomic E-state index is 12.2. The first-order chi connectivity index (χ1) is 9.01. The van der Waals surface area contributed by atoms with E-state index in [1.807, 2.05) is 6.92 Å². The maximum absolute atomic E-state index is 12.2. The number of rotatable bonds is 4. The lowest BCUT2D eigenvalue weighted by Gasteiger charge is -2.35. The van der Waals surface area contributed by atoms with Crippen LogP contribution in [-0.2, 0) is 4.79 Å².